The van der Waals surface area contributed by atoms with Gasteiger partial charge in [-0.25, -0.2) is 0 Å². The van der Waals surface area contributed by atoms with Crippen LogP contribution in [0.2, 0.25) is 0 Å². The second kappa shape index (κ2) is 8.62. The van der Waals surface area contributed by atoms with Crippen LogP contribution in [0.1, 0.15) is 49.7 Å². The van der Waals surface area contributed by atoms with E-state index in [-0.39, 0.29) is 11.7 Å². The van der Waals surface area contributed by atoms with Crippen LogP contribution in [0.15, 0.2) is 52.6 Å². The molecule has 178 valence electrons. The van der Waals surface area contributed by atoms with Crippen LogP contribution >= 0.6 is 0 Å². The first-order valence-corrected chi connectivity index (χ1v) is 10.7. The number of benzene rings is 1. The summed E-state index contributed by atoms with van der Waals surface area (Å²) >= 11 is 0. The number of fused-ring (bicyclic) bond motifs is 2. The minimum absolute atomic E-state index is 0.0937. The van der Waals surface area contributed by atoms with Gasteiger partial charge < -0.3 is 25.1 Å². The van der Waals surface area contributed by atoms with E-state index in [1.54, 1.807) is 18.3 Å². The normalized spacial score (nSPS) is 21.3. The number of hydrogen-bond donors (Lipinski definition) is 0. The molecule has 0 saturated heterocycles. The number of nitrogens with zero attached hydrogens (tertiary/aromatic N) is 4. The molecule has 2 unspecified atom stereocenters. The maximum Gasteiger partial charge on any atom is 0.573 e. The number of pyridine rings is 1. The number of oxime groups is 1. The lowest BCUT2D eigenvalue weighted by atomic mass is 9.91. The maximum absolute atomic E-state index is 12.8. The molecular formula is C23H20F3N4O4-. The Morgan fingerprint density at radius 3 is 2.85 bits per heavy atom. The fourth-order valence-electron chi connectivity index (χ4n) is 4.40. The van der Waals surface area contributed by atoms with E-state index in [4.69, 9.17) is 14.0 Å². The third-order valence-corrected chi connectivity index (χ3v) is 5.75. The van der Waals surface area contributed by atoms with Crippen molar-refractivity contribution in [1.29, 1.82) is 0 Å². The van der Waals surface area contributed by atoms with Crippen molar-refractivity contribution in [3.63, 3.8) is 0 Å². The van der Waals surface area contributed by atoms with E-state index in [0.29, 0.717) is 35.9 Å². The smallest absolute Gasteiger partial charge is 0.438 e. The van der Waals surface area contributed by atoms with Crippen LogP contribution in [0.3, 0.4) is 0 Å². The predicted molar refractivity (Wildman–Crippen MR) is 113 cm³/mol. The van der Waals surface area contributed by atoms with Crippen LogP contribution in [0, 0.1) is 6.42 Å². The van der Waals surface area contributed by atoms with E-state index in [1.165, 1.54) is 24.7 Å². The summed E-state index contributed by atoms with van der Waals surface area (Å²) in [7, 11) is 0. The molecule has 2 atom stereocenters. The largest absolute Gasteiger partial charge is 0.573 e. The zero-order valence-electron chi connectivity index (χ0n) is 18.1. The minimum atomic E-state index is -4.76. The van der Waals surface area contributed by atoms with Crippen LogP contribution in [0.25, 0.3) is 11.5 Å². The number of unbranched alkanes of at least 4 members (excludes halogenated alkanes) is 1. The summed E-state index contributed by atoms with van der Waals surface area (Å²) in [5.41, 5.74) is 1.28. The fraction of sp³-hybridized carbons (Fsp3) is 0.348. The zero-order chi connectivity index (χ0) is 23.8. The molecule has 34 heavy (non-hydrogen) atoms. The van der Waals surface area contributed by atoms with E-state index in [0.717, 1.165) is 24.0 Å². The van der Waals surface area contributed by atoms with Gasteiger partial charge in [-0.1, -0.05) is 30.1 Å². The third kappa shape index (κ3) is 4.42. The summed E-state index contributed by atoms with van der Waals surface area (Å²) in [6.45, 7) is 2.04. The molecular weight excluding hydrogens is 453 g/mol. The van der Waals surface area contributed by atoms with Gasteiger partial charge in [0.25, 0.3) is 0 Å². The Morgan fingerprint density at radius 1 is 1.21 bits per heavy atom. The lowest BCUT2D eigenvalue weighted by Gasteiger charge is -2.25. The van der Waals surface area contributed by atoms with Crippen molar-refractivity contribution in [1.82, 2.24) is 15.2 Å². The molecule has 2 aromatic heterocycles. The number of hydrogen-bond acceptors (Lipinski definition) is 8. The second-order valence-electron chi connectivity index (χ2n) is 8.13. The Hall–Kier alpha value is -3.63. The molecule has 5 rings (SSSR count). The third-order valence-electron chi connectivity index (χ3n) is 5.75. The van der Waals surface area contributed by atoms with Crippen LogP contribution in [0.5, 0.6) is 11.5 Å². The maximum atomic E-state index is 12.8. The van der Waals surface area contributed by atoms with Crippen LogP contribution in [-0.4, -0.2) is 27.4 Å². The molecule has 11 heteroatoms. The molecule has 1 aromatic carbocycles. The summed E-state index contributed by atoms with van der Waals surface area (Å²) in [6, 6.07) is 6.05. The fourth-order valence-corrected chi connectivity index (χ4v) is 4.40. The van der Waals surface area contributed by atoms with Crippen molar-refractivity contribution in [3.8, 4) is 23.0 Å². The van der Waals surface area contributed by atoms with Gasteiger partial charge >= 0.3 is 6.36 Å². The molecule has 0 amide bonds. The Balaban J connectivity index is 1.37. The summed E-state index contributed by atoms with van der Waals surface area (Å²) in [5, 5.41) is 11.6. The first kappa shape index (κ1) is 22.2. The Bertz CT molecular complexity index is 1200. The van der Waals surface area contributed by atoms with Crippen molar-refractivity contribution >= 4 is 5.90 Å². The van der Waals surface area contributed by atoms with Gasteiger partial charge in [0.05, 0.1) is 18.2 Å². The molecule has 2 aliphatic rings. The van der Waals surface area contributed by atoms with Crippen molar-refractivity contribution in [2.75, 3.05) is 0 Å². The van der Waals surface area contributed by atoms with E-state index < -0.39 is 12.0 Å². The number of rotatable bonds is 6. The number of alkyl halides is 3. The molecule has 0 radical (unpaired) electrons. The Labute approximate surface area is 192 Å². The Morgan fingerprint density at radius 2 is 2.09 bits per heavy atom. The van der Waals surface area contributed by atoms with Gasteiger partial charge in [0.2, 0.25) is 18.2 Å². The van der Waals surface area contributed by atoms with Crippen molar-refractivity contribution < 1.29 is 31.9 Å². The van der Waals surface area contributed by atoms with Crippen LogP contribution in [-0.2, 0) is 10.4 Å². The molecule has 3 aromatic rings. The van der Waals surface area contributed by atoms with E-state index in [1.807, 2.05) is 6.92 Å². The number of aromatic nitrogens is 3. The quantitative estimate of drug-likeness (QED) is 0.435. The van der Waals surface area contributed by atoms with Crippen molar-refractivity contribution in [3.05, 3.63) is 60.6 Å². The first-order chi connectivity index (χ1) is 16.4. The van der Waals surface area contributed by atoms with Gasteiger partial charge in [-0.3, -0.25) is 4.98 Å². The van der Waals surface area contributed by atoms with Crippen molar-refractivity contribution in [2.45, 2.75) is 50.5 Å². The second-order valence-corrected chi connectivity index (χ2v) is 8.13. The first-order valence-electron chi connectivity index (χ1n) is 10.7. The molecule has 0 bridgehead atoms. The van der Waals surface area contributed by atoms with Gasteiger partial charge in [-0.05, 0) is 30.2 Å². The monoisotopic (exact) mass is 473 g/mol. The summed E-state index contributed by atoms with van der Waals surface area (Å²) in [5.74, 6) is 0.703. The summed E-state index contributed by atoms with van der Waals surface area (Å²) < 4.78 is 53.5. The average molecular weight is 473 g/mol. The summed E-state index contributed by atoms with van der Waals surface area (Å²) in [4.78, 5) is 10.0. The van der Waals surface area contributed by atoms with Gasteiger partial charge in [0, 0.05) is 6.20 Å². The van der Waals surface area contributed by atoms with Crippen molar-refractivity contribution in [2.24, 2.45) is 5.16 Å². The minimum Gasteiger partial charge on any atom is -0.438 e. The molecule has 3 heterocycles. The van der Waals surface area contributed by atoms with Gasteiger partial charge in [0.1, 0.15) is 11.5 Å². The Kier molecular flexibility index (Phi) is 5.62. The highest BCUT2D eigenvalue weighted by atomic mass is 19.4. The van der Waals surface area contributed by atoms with E-state index in [2.05, 4.69) is 31.5 Å². The van der Waals surface area contributed by atoms with E-state index in [9.17, 15) is 13.2 Å². The van der Waals surface area contributed by atoms with Gasteiger partial charge in [-0.15, -0.1) is 29.3 Å². The lowest BCUT2D eigenvalue weighted by molar-refractivity contribution is -0.274. The molecule has 0 saturated carbocycles. The molecule has 1 aliphatic heterocycles. The highest BCUT2D eigenvalue weighted by Crippen LogP contribution is 2.53. The topological polar surface area (TPSA) is 91.9 Å². The molecule has 1 spiro atoms. The van der Waals surface area contributed by atoms with Crippen LogP contribution < -0.4 is 9.47 Å². The average Bonchev–Trinajstić information content (AvgIpc) is 3.52. The highest BCUT2D eigenvalue weighted by Gasteiger charge is 2.48. The lowest BCUT2D eigenvalue weighted by Crippen LogP contribution is -2.24. The molecule has 0 N–H and O–H groups in total. The van der Waals surface area contributed by atoms with E-state index >= 15 is 0 Å². The standard InChI is InChI=1S/C23H20F3N4O4/c1-2-3-4-14-9-22(19-6-5-16(8-18(14)19)33-23(24,25)26)10-20(30-34-22)32-17-7-15(11-27-12-17)21-29-28-13-31-21/h4-8,11-14H,2-3,9-10H2,1H3/q-1. The predicted octanol–water partition coefficient (Wildman–Crippen LogP) is 5.53. The van der Waals surface area contributed by atoms with Gasteiger partial charge in [0.15, 0.2) is 5.60 Å². The zero-order valence-corrected chi connectivity index (χ0v) is 18.1. The number of halogens is 3. The highest BCUT2D eigenvalue weighted by molar-refractivity contribution is 5.81. The molecule has 0 fully saturated rings. The molecule has 1 aliphatic carbocycles. The number of ether oxygens (including phenoxy) is 2. The SMILES string of the molecule is CCC[CH-]C1CC2(CC(Oc3cncc(-c4nnco4)c3)=NO2)c2ccc(OC(F)(F)F)cc21. The summed E-state index contributed by atoms with van der Waals surface area (Å²) in [6.07, 6.45) is 4.25. The van der Waals surface area contributed by atoms with Gasteiger partial charge in [-0.2, -0.15) is 6.42 Å². The van der Waals surface area contributed by atoms with Crippen LogP contribution in [0.4, 0.5) is 13.2 Å². The molecule has 8 nitrogen and oxygen atoms in total.